The van der Waals surface area contributed by atoms with Gasteiger partial charge in [0.2, 0.25) is 23.6 Å². The fraction of sp³-hybridized carbons (Fsp3) is 0.273. The summed E-state index contributed by atoms with van der Waals surface area (Å²) < 4.78 is 5.15. The predicted molar refractivity (Wildman–Crippen MR) is 110 cm³/mol. The molecule has 1 spiro atoms. The molecule has 0 unspecified atom stereocenters. The van der Waals surface area contributed by atoms with Gasteiger partial charge in [0, 0.05) is 23.7 Å². The zero-order chi connectivity index (χ0) is 21.9. The van der Waals surface area contributed by atoms with Gasteiger partial charge in [-0.2, -0.15) is 0 Å². The lowest BCUT2D eigenvalue weighted by atomic mass is 9.76. The lowest BCUT2D eigenvalue weighted by Gasteiger charge is -2.29. The molecule has 2 aromatic carbocycles. The number of carbonyl (C=O) groups excluding carboxylic acids is 4. The van der Waals surface area contributed by atoms with Crippen LogP contribution in [0.4, 0.5) is 11.4 Å². The summed E-state index contributed by atoms with van der Waals surface area (Å²) in [4.78, 5) is 53.1. The predicted octanol–water partition coefficient (Wildman–Crippen LogP) is 0.496. The number of imide groups is 1. The second kappa shape index (κ2) is 6.64. The largest absolute Gasteiger partial charge is 0.497 e. The molecular weight excluding hydrogens is 400 g/mol. The third kappa shape index (κ3) is 2.53. The third-order valence-electron chi connectivity index (χ3n) is 6.37. The van der Waals surface area contributed by atoms with Crippen molar-refractivity contribution >= 4 is 35.0 Å². The normalized spacial score (nSPS) is 28.6. The molecule has 3 heterocycles. The van der Waals surface area contributed by atoms with Crippen molar-refractivity contribution in [3.05, 3.63) is 54.1 Å². The number of ether oxygens (including phenoxy) is 1. The Morgan fingerprint density at radius 2 is 1.81 bits per heavy atom. The van der Waals surface area contributed by atoms with Crippen molar-refractivity contribution in [1.82, 2.24) is 5.32 Å². The number of primary amides is 1. The van der Waals surface area contributed by atoms with Crippen LogP contribution in [0.15, 0.2) is 48.5 Å². The minimum Gasteiger partial charge on any atom is -0.497 e. The fourth-order valence-electron chi connectivity index (χ4n) is 5.14. The zero-order valence-electron chi connectivity index (χ0n) is 16.6. The highest BCUT2D eigenvalue weighted by molar-refractivity contribution is 6.25. The number of rotatable bonds is 4. The van der Waals surface area contributed by atoms with Gasteiger partial charge in [0.25, 0.3) is 0 Å². The van der Waals surface area contributed by atoms with E-state index in [1.54, 1.807) is 48.5 Å². The molecular formula is C22H20N4O5. The maximum Gasteiger partial charge on any atom is 0.250 e. The summed E-state index contributed by atoms with van der Waals surface area (Å²) in [5, 5.41) is 5.96. The van der Waals surface area contributed by atoms with Gasteiger partial charge in [-0.3, -0.25) is 24.5 Å². The number of nitrogens with two attached hydrogens (primary N) is 1. The van der Waals surface area contributed by atoms with E-state index in [4.69, 9.17) is 10.5 Å². The number of nitrogens with one attached hydrogen (secondary N) is 2. The molecule has 4 amide bonds. The quantitative estimate of drug-likeness (QED) is 0.618. The molecule has 31 heavy (non-hydrogen) atoms. The third-order valence-corrected chi connectivity index (χ3v) is 6.37. The number of anilines is 2. The highest BCUT2D eigenvalue weighted by Gasteiger charge is 2.70. The summed E-state index contributed by atoms with van der Waals surface area (Å²) in [6, 6.07) is 12.8. The van der Waals surface area contributed by atoms with Crippen LogP contribution in [0.3, 0.4) is 0 Å². The molecule has 0 aromatic heterocycles. The highest BCUT2D eigenvalue weighted by atomic mass is 16.5. The average Bonchev–Trinajstić information content (AvgIpc) is 3.32. The van der Waals surface area contributed by atoms with Crippen LogP contribution in [-0.2, 0) is 24.7 Å². The molecule has 3 aliphatic heterocycles. The smallest absolute Gasteiger partial charge is 0.250 e. The minimum absolute atomic E-state index is 0.173. The summed E-state index contributed by atoms with van der Waals surface area (Å²) in [5.74, 6) is -3.33. The van der Waals surface area contributed by atoms with Crippen LogP contribution in [0.25, 0.3) is 0 Å². The van der Waals surface area contributed by atoms with Crippen molar-refractivity contribution in [2.75, 3.05) is 17.3 Å². The number of benzene rings is 2. The number of para-hydroxylation sites is 1. The van der Waals surface area contributed by atoms with Crippen molar-refractivity contribution in [2.24, 2.45) is 17.6 Å². The first-order valence-electron chi connectivity index (χ1n) is 9.87. The first-order valence-corrected chi connectivity index (χ1v) is 9.87. The maximum absolute atomic E-state index is 13.6. The molecule has 0 saturated carbocycles. The molecule has 0 aliphatic carbocycles. The van der Waals surface area contributed by atoms with Gasteiger partial charge in [-0.1, -0.05) is 18.2 Å². The van der Waals surface area contributed by atoms with E-state index < -0.39 is 47.0 Å². The number of hydrogen-bond donors (Lipinski definition) is 3. The lowest BCUT2D eigenvalue weighted by Crippen LogP contribution is -2.53. The van der Waals surface area contributed by atoms with Crippen molar-refractivity contribution in [1.29, 1.82) is 0 Å². The summed E-state index contributed by atoms with van der Waals surface area (Å²) in [6.07, 6.45) is -0.173. The van der Waals surface area contributed by atoms with Gasteiger partial charge in [0.05, 0.1) is 24.6 Å². The average molecular weight is 420 g/mol. The van der Waals surface area contributed by atoms with Gasteiger partial charge < -0.3 is 15.8 Å². The maximum atomic E-state index is 13.6. The van der Waals surface area contributed by atoms with Gasteiger partial charge >= 0.3 is 0 Å². The van der Waals surface area contributed by atoms with E-state index in [2.05, 4.69) is 10.6 Å². The van der Waals surface area contributed by atoms with E-state index in [1.807, 2.05) is 0 Å². The van der Waals surface area contributed by atoms with E-state index in [-0.39, 0.29) is 6.42 Å². The van der Waals surface area contributed by atoms with Gasteiger partial charge in [-0.05, 0) is 30.3 Å². The lowest BCUT2D eigenvalue weighted by molar-refractivity contribution is -0.130. The first kappa shape index (κ1) is 19.3. The number of hydrogen-bond acceptors (Lipinski definition) is 6. The Hall–Kier alpha value is -3.72. The van der Waals surface area contributed by atoms with Crippen LogP contribution >= 0.6 is 0 Å². The Kier molecular flexibility index (Phi) is 4.13. The molecule has 4 N–H and O–H groups in total. The molecule has 9 heteroatoms. The van der Waals surface area contributed by atoms with Crippen molar-refractivity contribution in [3.63, 3.8) is 0 Å². The number of amides is 4. The van der Waals surface area contributed by atoms with Gasteiger partial charge in [-0.15, -0.1) is 0 Å². The Balaban J connectivity index is 1.64. The minimum atomic E-state index is -1.45. The molecule has 2 saturated heterocycles. The van der Waals surface area contributed by atoms with E-state index in [0.717, 1.165) is 4.90 Å². The second-order valence-electron chi connectivity index (χ2n) is 7.94. The molecule has 0 radical (unpaired) electrons. The molecule has 158 valence electrons. The van der Waals surface area contributed by atoms with E-state index in [0.29, 0.717) is 22.7 Å². The first-order chi connectivity index (χ1) is 14.9. The summed E-state index contributed by atoms with van der Waals surface area (Å²) >= 11 is 0. The molecule has 2 aromatic rings. The molecule has 0 bridgehead atoms. The van der Waals surface area contributed by atoms with Crippen LogP contribution in [0.1, 0.15) is 12.0 Å². The van der Waals surface area contributed by atoms with E-state index in [9.17, 15) is 19.2 Å². The Morgan fingerprint density at radius 3 is 2.48 bits per heavy atom. The Labute approximate surface area is 177 Å². The Morgan fingerprint density at radius 1 is 1.10 bits per heavy atom. The van der Waals surface area contributed by atoms with Crippen molar-refractivity contribution in [3.8, 4) is 5.75 Å². The molecule has 5 rings (SSSR count). The molecule has 2 fully saturated rings. The van der Waals surface area contributed by atoms with Crippen LogP contribution < -0.4 is 26.0 Å². The highest BCUT2D eigenvalue weighted by Crippen LogP contribution is 2.53. The van der Waals surface area contributed by atoms with Crippen LogP contribution in [0, 0.1) is 11.8 Å². The standard InChI is InChI=1S/C22H20N4O5/c1-31-12-8-6-11(7-9-12)26-19(28)17-15(10-16(23)27)25-22(18(17)20(26)29)13-4-2-3-5-14(13)24-21(22)30/h2-9,15,17-18,25H,10H2,1H3,(H2,23,27)(H,24,30)/t15-,17+,18-,22-/m0/s1. The van der Waals surface area contributed by atoms with Gasteiger partial charge in [0.1, 0.15) is 11.3 Å². The van der Waals surface area contributed by atoms with Crippen molar-refractivity contribution in [2.45, 2.75) is 18.0 Å². The van der Waals surface area contributed by atoms with Crippen LogP contribution in [0.2, 0.25) is 0 Å². The number of carbonyl (C=O) groups is 4. The summed E-state index contributed by atoms with van der Waals surface area (Å²) in [6.45, 7) is 0. The number of fused-ring (bicyclic) bond motifs is 4. The van der Waals surface area contributed by atoms with Crippen molar-refractivity contribution < 1.29 is 23.9 Å². The molecule has 3 aliphatic rings. The second-order valence-corrected chi connectivity index (χ2v) is 7.94. The van der Waals surface area contributed by atoms with E-state index >= 15 is 0 Å². The molecule has 4 atom stereocenters. The Bertz CT molecular complexity index is 1130. The summed E-state index contributed by atoms with van der Waals surface area (Å²) in [5.41, 5.74) is 5.51. The monoisotopic (exact) mass is 420 g/mol. The number of nitrogens with zero attached hydrogens (tertiary/aromatic N) is 1. The molecule has 9 nitrogen and oxygen atoms in total. The van der Waals surface area contributed by atoms with Gasteiger partial charge in [-0.25, -0.2) is 4.90 Å². The number of methoxy groups -OCH3 is 1. The summed E-state index contributed by atoms with van der Waals surface area (Å²) in [7, 11) is 1.52. The topological polar surface area (TPSA) is 131 Å². The van der Waals surface area contributed by atoms with Gasteiger partial charge in [0.15, 0.2) is 0 Å². The fourth-order valence-corrected chi connectivity index (χ4v) is 5.14. The van der Waals surface area contributed by atoms with E-state index in [1.165, 1.54) is 7.11 Å². The van der Waals surface area contributed by atoms with Crippen LogP contribution in [-0.4, -0.2) is 36.8 Å². The zero-order valence-corrected chi connectivity index (χ0v) is 16.6. The van der Waals surface area contributed by atoms with Crippen LogP contribution in [0.5, 0.6) is 5.75 Å². The SMILES string of the molecule is COc1ccc(N2C(=O)[C@@H]3[C@H](CC(N)=O)N[C@]4(C(=O)Nc5ccccc54)[C@@H]3C2=O)cc1.